The first-order valence-electron chi connectivity index (χ1n) is 8.85. The number of aliphatic hydroxyl groups excluding tert-OH is 1. The van der Waals surface area contributed by atoms with Gasteiger partial charge in [-0.1, -0.05) is 17.7 Å². The molecule has 1 aliphatic rings. The number of methoxy groups -OCH3 is 1. The van der Waals surface area contributed by atoms with Crippen LogP contribution in [0.3, 0.4) is 0 Å². The number of carbonyl (C=O) groups excluding carboxylic acids is 1. The highest BCUT2D eigenvalue weighted by Crippen LogP contribution is 2.27. The Morgan fingerprint density at radius 3 is 2.96 bits per heavy atom. The molecule has 2 aromatic rings. The van der Waals surface area contributed by atoms with E-state index in [1.54, 1.807) is 19.4 Å². The molecule has 1 aromatic heterocycles. The summed E-state index contributed by atoms with van der Waals surface area (Å²) in [6, 6.07) is 5.52. The number of Topliss-reactive ketones (excluding diaryl/α,β-unsaturated/α-hetero) is 1. The summed E-state index contributed by atoms with van der Waals surface area (Å²) in [7, 11) is 1.57. The smallest absolute Gasteiger partial charge is 0.227 e. The molecule has 7 nitrogen and oxygen atoms in total. The molecule has 1 saturated heterocycles. The monoisotopic (exact) mass is 390 g/mol. The van der Waals surface area contributed by atoms with E-state index in [1.807, 2.05) is 17.0 Å². The van der Waals surface area contributed by atoms with Crippen molar-refractivity contribution in [2.75, 3.05) is 30.5 Å². The number of aromatic nitrogens is 2. The molecule has 0 radical (unpaired) electrons. The number of aliphatic hydroxyl groups is 1. The Bertz CT molecular complexity index is 831. The average molecular weight is 391 g/mol. The Labute approximate surface area is 163 Å². The van der Waals surface area contributed by atoms with Gasteiger partial charge in [0.05, 0.1) is 30.3 Å². The maximum Gasteiger partial charge on any atom is 0.227 e. The standard InChI is InChI=1S/C19H23ClN4O3/c1-12(26)15-10-22-19(24-7-3-4-14(24)11-25)23-18(15)21-9-13-5-6-17(27-2)16(20)8-13/h5-6,8,10,14,25H,3-4,7,9,11H2,1-2H3,(H,21,22,23). The van der Waals surface area contributed by atoms with Crippen molar-refractivity contribution in [1.29, 1.82) is 0 Å². The van der Waals surface area contributed by atoms with E-state index in [4.69, 9.17) is 16.3 Å². The van der Waals surface area contributed by atoms with E-state index in [0.29, 0.717) is 34.6 Å². The summed E-state index contributed by atoms with van der Waals surface area (Å²) < 4.78 is 5.16. The molecule has 2 N–H and O–H groups in total. The van der Waals surface area contributed by atoms with Crippen molar-refractivity contribution in [3.63, 3.8) is 0 Å². The number of ketones is 1. The molecule has 2 heterocycles. The van der Waals surface area contributed by atoms with E-state index in [2.05, 4.69) is 15.3 Å². The molecule has 144 valence electrons. The van der Waals surface area contributed by atoms with Crippen LogP contribution in [0, 0.1) is 0 Å². The van der Waals surface area contributed by atoms with Gasteiger partial charge in [-0.2, -0.15) is 4.98 Å². The summed E-state index contributed by atoms with van der Waals surface area (Å²) in [5, 5.41) is 13.3. The number of nitrogens with zero attached hydrogens (tertiary/aromatic N) is 3. The van der Waals surface area contributed by atoms with Crippen LogP contribution in [0.2, 0.25) is 5.02 Å². The number of carbonyl (C=O) groups is 1. The second-order valence-electron chi connectivity index (χ2n) is 6.48. The van der Waals surface area contributed by atoms with Crippen molar-refractivity contribution >= 4 is 29.2 Å². The van der Waals surface area contributed by atoms with E-state index in [1.165, 1.54) is 6.92 Å². The van der Waals surface area contributed by atoms with Gasteiger partial charge >= 0.3 is 0 Å². The van der Waals surface area contributed by atoms with E-state index < -0.39 is 0 Å². The van der Waals surface area contributed by atoms with Crippen LogP contribution in [-0.4, -0.2) is 47.2 Å². The van der Waals surface area contributed by atoms with Crippen LogP contribution in [0.15, 0.2) is 24.4 Å². The van der Waals surface area contributed by atoms with Gasteiger partial charge in [-0.3, -0.25) is 4.79 Å². The maximum absolute atomic E-state index is 12.0. The fourth-order valence-electron chi connectivity index (χ4n) is 3.20. The summed E-state index contributed by atoms with van der Waals surface area (Å²) in [6.07, 6.45) is 3.43. The summed E-state index contributed by atoms with van der Waals surface area (Å²) in [6.45, 7) is 2.78. The molecule has 27 heavy (non-hydrogen) atoms. The zero-order valence-corrected chi connectivity index (χ0v) is 16.2. The van der Waals surface area contributed by atoms with Gasteiger partial charge < -0.3 is 20.1 Å². The van der Waals surface area contributed by atoms with Crippen LogP contribution >= 0.6 is 11.6 Å². The van der Waals surface area contributed by atoms with Crippen LogP contribution in [0.25, 0.3) is 0 Å². The molecular formula is C19H23ClN4O3. The van der Waals surface area contributed by atoms with Crippen molar-refractivity contribution in [1.82, 2.24) is 9.97 Å². The highest BCUT2D eigenvalue weighted by atomic mass is 35.5. The molecule has 8 heteroatoms. The average Bonchev–Trinajstić information content (AvgIpc) is 3.15. The first-order chi connectivity index (χ1) is 13.0. The first-order valence-corrected chi connectivity index (χ1v) is 9.23. The summed E-state index contributed by atoms with van der Waals surface area (Å²) in [5.74, 6) is 1.49. The Balaban J connectivity index is 1.83. The lowest BCUT2D eigenvalue weighted by molar-refractivity contribution is 0.101. The van der Waals surface area contributed by atoms with Gasteiger partial charge in [-0.25, -0.2) is 4.98 Å². The summed E-state index contributed by atoms with van der Waals surface area (Å²) in [4.78, 5) is 22.8. The predicted octanol–water partition coefficient (Wildman–Crippen LogP) is 2.91. The second kappa shape index (κ2) is 8.54. The fourth-order valence-corrected chi connectivity index (χ4v) is 3.48. The van der Waals surface area contributed by atoms with Crippen molar-refractivity contribution in [3.8, 4) is 5.75 Å². The van der Waals surface area contributed by atoms with Crippen molar-refractivity contribution in [3.05, 3.63) is 40.5 Å². The van der Waals surface area contributed by atoms with Gasteiger partial charge in [0.2, 0.25) is 5.95 Å². The van der Waals surface area contributed by atoms with E-state index in [0.717, 1.165) is 24.9 Å². The molecule has 0 amide bonds. The normalized spacial score (nSPS) is 16.4. The predicted molar refractivity (Wildman–Crippen MR) is 105 cm³/mol. The number of hydrogen-bond acceptors (Lipinski definition) is 7. The lowest BCUT2D eigenvalue weighted by Crippen LogP contribution is -2.33. The summed E-state index contributed by atoms with van der Waals surface area (Å²) >= 11 is 6.17. The molecule has 0 aliphatic carbocycles. The van der Waals surface area contributed by atoms with Crippen LogP contribution < -0.4 is 15.0 Å². The third kappa shape index (κ3) is 4.31. The van der Waals surface area contributed by atoms with E-state index >= 15 is 0 Å². The van der Waals surface area contributed by atoms with Gasteiger partial charge in [0.25, 0.3) is 0 Å². The molecule has 1 unspecified atom stereocenters. The van der Waals surface area contributed by atoms with Gasteiger partial charge in [0.1, 0.15) is 11.6 Å². The van der Waals surface area contributed by atoms with Crippen molar-refractivity contribution in [2.45, 2.75) is 32.4 Å². The number of benzene rings is 1. The molecule has 1 aliphatic heterocycles. The Morgan fingerprint density at radius 1 is 1.48 bits per heavy atom. The molecule has 1 aromatic carbocycles. The van der Waals surface area contributed by atoms with Gasteiger partial charge in [0, 0.05) is 19.3 Å². The largest absolute Gasteiger partial charge is 0.495 e. The van der Waals surface area contributed by atoms with Crippen molar-refractivity contribution < 1.29 is 14.6 Å². The molecule has 3 rings (SSSR count). The third-order valence-corrected chi connectivity index (χ3v) is 4.97. The minimum Gasteiger partial charge on any atom is -0.495 e. The number of hydrogen-bond donors (Lipinski definition) is 2. The second-order valence-corrected chi connectivity index (χ2v) is 6.89. The number of rotatable bonds is 7. The SMILES string of the molecule is COc1ccc(CNc2nc(N3CCCC3CO)ncc2C(C)=O)cc1Cl. The van der Waals surface area contributed by atoms with Crippen LogP contribution in [0.4, 0.5) is 11.8 Å². The summed E-state index contributed by atoms with van der Waals surface area (Å²) in [5.41, 5.74) is 1.36. The third-order valence-electron chi connectivity index (χ3n) is 4.68. The van der Waals surface area contributed by atoms with E-state index in [-0.39, 0.29) is 18.4 Å². The van der Waals surface area contributed by atoms with Crippen molar-refractivity contribution in [2.24, 2.45) is 0 Å². The van der Waals surface area contributed by atoms with Gasteiger partial charge in [-0.15, -0.1) is 0 Å². The highest BCUT2D eigenvalue weighted by molar-refractivity contribution is 6.32. The fraction of sp³-hybridized carbons (Fsp3) is 0.421. The molecule has 1 fully saturated rings. The molecule has 0 bridgehead atoms. The Morgan fingerprint density at radius 2 is 2.30 bits per heavy atom. The van der Waals surface area contributed by atoms with E-state index in [9.17, 15) is 9.90 Å². The van der Waals surface area contributed by atoms with Gasteiger partial charge in [-0.05, 0) is 37.5 Å². The Kier molecular flexibility index (Phi) is 6.13. The molecule has 1 atom stereocenters. The minimum atomic E-state index is -0.114. The molecule has 0 spiro atoms. The zero-order valence-electron chi connectivity index (χ0n) is 15.4. The highest BCUT2D eigenvalue weighted by Gasteiger charge is 2.26. The lowest BCUT2D eigenvalue weighted by Gasteiger charge is -2.23. The minimum absolute atomic E-state index is 0.0152. The van der Waals surface area contributed by atoms with Gasteiger partial charge in [0.15, 0.2) is 5.78 Å². The van der Waals surface area contributed by atoms with Crippen LogP contribution in [0.1, 0.15) is 35.7 Å². The van der Waals surface area contributed by atoms with Crippen LogP contribution in [-0.2, 0) is 6.54 Å². The molecule has 0 saturated carbocycles. The lowest BCUT2D eigenvalue weighted by atomic mass is 10.2. The number of halogens is 1. The first kappa shape index (κ1) is 19.4. The Hall–Kier alpha value is -2.38. The molecular weight excluding hydrogens is 368 g/mol. The zero-order chi connectivity index (χ0) is 19.4. The topological polar surface area (TPSA) is 87.6 Å². The number of ether oxygens (including phenoxy) is 1. The maximum atomic E-state index is 12.0. The van der Waals surface area contributed by atoms with Crippen LogP contribution in [0.5, 0.6) is 5.75 Å². The quantitative estimate of drug-likeness (QED) is 0.703. The number of anilines is 2. The number of nitrogens with one attached hydrogen (secondary N) is 1.